The van der Waals surface area contributed by atoms with E-state index in [0.717, 1.165) is 12.8 Å². The molecular formula is C16H24O4. The van der Waals surface area contributed by atoms with Gasteiger partial charge in [-0.3, -0.25) is 4.89 Å². The van der Waals surface area contributed by atoms with Crippen molar-refractivity contribution in [2.75, 3.05) is 19.8 Å². The van der Waals surface area contributed by atoms with Crippen LogP contribution >= 0.6 is 0 Å². The lowest BCUT2D eigenvalue weighted by Crippen LogP contribution is -2.10. The predicted molar refractivity (Wildman–Crippen MR) is 77.6 cm³/mol. The molecule has 112 valence electrons. The van der Waals surface area contributed by atoms with Gasteiger partial charge in [-0.15, -0.1) is 0 Å². The van der Waals surface area contributed by atoms with Crippen LogP contribution < -0.4 is 0 Å². The highest BCUT2D eigenvalue weighted by atomic mass is 17.2. The standard InChI is InChI=1S/C16H24O4/c1-4-5-10-18-11-12-19-20-16(17)15-8-6-14(7-9-15)13(2)3/h6-9,13H,4-5,10-12H2,1-3H3. The summed E-state index contributed by atoms with van der Waals surface area (Å²) in [6, 6.07) is 7.35. The molecule has 0 aliphatic carbocycles. The van der Waals surface area contributed by atoms with Crippen LogP contribution in [0, 0.1) is 0 Å². The Balaban J connectivity index is 2.22. The molecule has 0 spiro atoms. The van der Waals surface area contributed by atoms with Crippen molar-refractivity contribution in [1.82, 2.24) is 0 Å². The first-order valence-corrected chi connectivity index (χ1v) is 7.16. The summed E-state index contributed by atoms with van der Waals surface area (Å²) in [5.74, 6) is -0.0366. The van der Waals surface area contributed by atoms with Gasteiger partial charge in [0.15, 0.2) is 0 Å². The minimum absolute atomic E-state index is 0.250. The first-order valence-electron chi connectivity index (χ1n) is 7.16. The zero-order valence-electron chi connectivity index (χ0n) is 12.6. The quantitative estimate of drug-likeness (QED) is 0.393. The number of carbonyl (C=O) groups is 1. The van der Waals surface area contributed by atoms with Gasteiger partial charge in [0.2, 0.25) is 0 Å². The molecular weight excluding hydrogens is 256 g/mol. The van der Waals surface area contributed by atoms with Crippen LogP contribution in [-0.2, 0) is 14.5 Å². The van der Waals surface area contributed by atoms with Crippen LogP contribution in [0.3, 0.4) is 0 Å². The molecule has 0 aliphatic heterocycles. The van der Waals surface area contributed by atoms with Crippen molar-refractivity contribution in [3.8, 4) is 0 Å². The Labute approximate surface area is 121 Å². The Bertz CT molecular complexity index is 384. The number of rotatable bonds is 9. The molecule has 1 rings (SSSR count). The van der Waals surface area contributed by atoms with Crippen LogP contribution in [0.25, 0.3) is 0 Å². The van der Waals surface area contributed by atoms with Crippen molar-refractivity contribution in [3.05, 3.63) is 35.4 Å². The van der Waals surface area contributed by atoms with Gasteiger partial charge < -0.3 is 4.74 Å². The largest absolute Gasteiger partial charge is 0.379 e. The molecule has 0 bridgehead atoms. The van der Waals surface area contributed by atoms with E-state index < -0.39 is 5.97 Å². The lowest BCUT2D eigenvalue weighted by molar-refractivity contribution is -0.247. The fourth-order valence-electron chi connectivity index (χ4n) is 1.59. The van der Waals surface area contributed by atoms with E-state index in [2.05, 4.69) is 20.8 Å². The summed E-state index contributed by atoms with van der Waals surface area (Å²) in [5.41, 5.74) is 1.67. The zero-order valence-corrected chi connectivity index (χ0v) is 12.6. The number of hydrogen-bond donors (Lipinski definition) is 0. The number of hydrogen-bond acceptors (Lipinski definition) is 4. The lowest BCUT2D eigenvalue weighted by Gasteiger charge is -2.07. The van der Waals surface area contributed by atoms with Crippen LogP contribution in [0.1, 0.15) is 55.5 Å². The molecule has 4 heteroatoms. The molecule has 0 amide bonds. The Morgan fingerprint density at radius 3 is 2.40 bits per heavy atom. The van der Waals surface area contributed by atoms with Crippen LogP contribution in [0.4, 0.5) is 0 Å². The van der Waals surface area contributed by atoms with Gasteiger partial charge in [-0.05, 0) is 30.0 Å². The van der Waals surface area contributed by atoms with Gasteiger partial charge in [-0.2, -0.15) is 4.89 Å². The SMILES string of the molecule is CCCCOCCOOC(=O)c1ccc(C(C)C)cc1. The van der Waals surface area contributed by atoms with E-state index in [-0.39, 0.29) is 6.61 Å². The van der Waals surface area contributed by atoms with E-state index in [9.17, 15) is 4.79 Å². The van der Waals surface area contributed by atoms with Gasteiger partial charge in [0, 0.05) is 6.61 Å². The average molecular weight is 280 g/mol. The molecule has 0 unspecified atom stereocenters. The van der Waals surface area contributed by atoms with Crippen molar-refractivity contribution in [2.45, 2.75) is 39.5 Å². The molecule has 0 atom stereocenters. The topological polar surface area (TPSA) is 44.8 Å². The first-order chi connectivity index (χ1) is 9.65. The second kappa shape index (κ2) is 9.50. The molecule has 0 radical (unpaired) electrons. The van der Waals surface area contributed by atoms with Crippen molar-refractivity contribution >= 4 is 5.97 Å². The van der Waals surface area contributed by atoms with E-state index in [1.165, 1.54) is 5.56 Å². The lowest BCUT2D eigenvalue weighted by atomic mass is 10.0. The van der Waals surface area contributed by atoms with Crippen molar-refractivity contribution in [1.29, 1.82) is 0 Å². The maximum atomic E-state index is 11.7. The molecule has 0 saturated heterocycles. The van der Waals surface area contributed by atoms with Crippen molar-refractivity contribution < 1.29 is 19.3 Å². The van der Waals surface area contributed by atoms with Crippen LogP contribution in [0.2, 0.25) is 0 Å². The van der Waals surface area contributed by atoms with Gasteiger partial charge in [0.1, 0.15) is 6.61 Å². The smallest absolute Gasteiger partial charge is 0.373 e. The van der Waals surface area contributed by atoms with E-state index in [4.69, 9.17) is 14.5 Å². The predicted octanol–water partition coefficient (Wildman–Crippen LogP) is 3.72. The van der Waals surface area contributed by atoms with E-state index >= 15 is 0 Å². The molecule has 0 fully saturated rings. The number of carbonyl (C=O) groups excluding carboxylic acids is 1. The van der Waals surface area contributed by atoms with Gasteiger partial charge in [0.25, 0.3) is 0 Å². The molecule has 0 saturated carbocycles. The third-order valence-corrected chi connectivity index (χ3v) is 2.90. The molecule has 0 heterocycles. The van der Waals surface area contributed by atoms with E-state index in [1.807, 2.05) is 12.1 Å². The highest BCUT2D eigenvalue weighted by Gasteiger charge is 2.08. The Kier molecular flexibility index (Phi) is 7.92. The molecule has 0 N–H and O–H groups in total. The Morgan fingerprint density at radius 2 is 1.80 bits per heavy atom. The second-order valence-corrected chi connectivity index (χ2v) is 4.94. The number of unbranched alkanes of at least 4 members (excludes halogenated alkanes) is 1. The fraction of sp³-hybridized carbons (Fsp3) is 0.562. The maximum absolute atomic E-state index is 11.7. The average Bonchev–Trinajstić information content (AvgIpc) is 2.46. The minimum atomic E-state index is -0.478. The Hall–Kier alpha value is -1.39. The third-order valence-electron chi connectivity index (χ3n) is 2.90. The highest BCUT2D eigenvalue weighted by Crippen LogP contribution is 2.15. The Morgan fingerprint density at radius 1 is 1.10 bits per heavy atom. The minimum Gasteiger partial charge on any atom is -0.379 e. The van der Waals surface area contributed by atoms with Crippen LogP contribution in [0.5, 0.6) is 0 Å². The first kappa shape index (κ1) is 16.7. The molecule has 0 aromatic heterocycles. The zero-order chi connectivity index (χ0) is 14.8. The maximum Gasteiger partial charge on any atom is 0.373 e. The highest BCUT2D eigenvalue weighted by molar-refractivity contribution is 5.88. The molecule has 1 aromatic rings. The summed E-state index contributed by atoms with van der Waals surface area (Å²) >= 11 is 0. The molecule has 4 nitrogen and oxygen atoms in total. The van der Waals surface area contributed by atoms with E-state index in [1.54, 1.807) is 12.1 Å². The summed E-state index contributed by atoms with van der Waals surface area (Å²) in [4.78, 5) is 21.2. The monoisotopic (exact) mass is 280 g/mol. The summed E-state index contributed by atoms with van der Waals surface area (Å²) < 4.78 is 5.29. The van der Waals surface area contributed by atoms with Crippen LogP contribution in [-0.4, -0.2) is 25.8 Å². The van der Waals surface area contributed by atoms with Gasteiger partial charge >= 0.3 is 5.97 Å². The van der Waals surface area contributed by atoms with Crippen molar-refractivity contribution in [2.24, 2.45) is 0 Å². The van der Waals surface area contributed by atoms with Gasteiger partial charge in [-0.25, -0.2) is 4.79 Å². The van der Waals surface area contributed by atoms with Crippen molar-refractivity contribution in [3.63, 3.8) is 0 Å². The second-order valence-electron chi connectivity index (χ2n) is 4.94. The van der Waals surface area contributed by atoms with E-state index in [0.29, 0.717) is 24.7 Å². The van der Waals surface area contributed by atoms with Gasteiger partial charge in [-0.1, -0.05) is 39.3 Å². The molecule has 1 aromatic carbocycles. The number of ether oxygens (including phenoxy) is 1. The third kappa shape index (κ3) is 6.17. The number of benzene rings is 1. The fourth-order valence-corrected chi connectivity index (χ4v) is 1.59. The molecule has 0 aliphatic rings. The summed E-state index contributed by atoms with van der Waals surface area (Å²) in [6.07, 6.45) is 2.13. The summed E-state index contributed by atoms with van der Waals surface area (Å²) in [7, 11) is 0. The summed E-state index contributed by atoms with van der Waals surface area (Å²) in [5, 5.41) is 0. The van der Waals surface area contributed by atoms with Gasteiger partial charge in [0.05, 0.1) is 12.2 Å². The molecule has 20 heavy (non-hydrogen) atoms. The van der Waals surface area contributed by atoms with Crippen LogP contribution in [0.15, 0.2) is 24.3 Å². The summed E-state index contributed by atoms with van der Waals surface area (Å²) in [6.45, 7) is 7.71. The normalized spacial score (nSPS) is 10.8.